The molecule has 1 fully saturated rings. The number of carbonyl (C=O) groups excluding carboxylic acids is 1. The van der Waals surface area contributed by atoms with Crippen LogP contribution in [0.4, 0.5) is 0 Å². The van der Waals surface area contributed by atoms with Gasteiger partial charge in [-0.05, 0) is 12.3 Å². The van der Waals surface area contributed by atoms with Crippen molar-refractivity contribution in [1.29, 1.82) is 0 Å². The molecule has 1 aliphatic heterocycles. The number of carboxylic acid groups (broad SMARTS) is 1. The van der Waals surface area contributed by atoms with Crippen molar-refractivity contribution >= 4 is 11.9 Å². The largest absolute Gasteiger partial charge is 0.481 e. The molecule has 0 aliphatic carbocycles. The number of aliphatic carboxylic acids is 1. The van der Waals surface area contributed by atoms with E-state index in [0.717, 1.165) is 12.8 Å². The van der Waals surface area contributed by atoms with Crippen LogP contribution in [-0.2, 0) is 14.3 Å². The number of morpholine rings is 1. The van der Waals surface area contributed by atoms with Crippen LogP contribution in [0.25, 0.3) is 0 Å². The van der Waals surface area contributed by atoms with E-state index in [9.17, 15) is 9.59 Å². The van der Waals surface area contributed by atoms with Crippen LogP contribution in [0, 0.1) is 11.8 Å². The number of hydrogen-bond acceptors (Lipinski definition) is 3. The molecule has 1 N–H and O–H groups in total. The van der Waals surface area contributed by atoms with Gasteiger partial charge in [0.1, 0.15) is 0 Å². The quantitative estimate of drug-likeness (QED) is 0.799. The second-order valence-corrected chi connectivity index (χ2v) is 5.51. The summed E-state index contributed by atoms with van der Waals surface area (Å²) in [6.07, 6.45) is 1.46. The van der Waals surface area contributed by atoms with Crippen LogP contribution in [0.5, 0.6) is 0 Å². The van der Waals surface area contributed by atoms with Crippen molar-refractivity contribution in [1.82, 2.24) is 4.90 Å². The Kier molecular flexibility index (Phi) is 6.28. The van der Waals surface area contributed by atoms with E-state index in [1.807, 2.05) is 0 Å². The SMILES string of the molecule is CCCC(C(=O)N1CCOC(CC(=O)O)C1)C(C)C. The van der Waals surface area contributed by atoms with E-state index >= 15 is 0 Å². The Morgan fingerprint density at radius 3 is 2.63 bits per heavy atom. The van der Waals surface area contributed by atoms with Gasteiger partial charge in [0.25, 0.3) is 0 Å². The number of hydrogen-bond donors (Lipinski definition) is 1. The fraction of sp³-hybridized carbons (Fsp3) is 0.857. The van der Waals surface area contributed by atoms with Crippen molar-refractivity contribution in [3.8, 4) is 0 Å². The molecular weight excluding hydrogens is 246 g/mol. The Hall–Kier alpha value is -1.10. The van der Waals surface area contributed by atoms with Crippen LogP contribution in [-0.4, -0.2) is 47.7 Å². The summed E-state index contributed by atoms with van der Waals surface area (Å²) in [6, 6.07) is 0. The monoisotopic (exact) mass is 271 g/mol. The van der Waals surface area contributed by atoms with Gasteiger partial charge in [-0.2, -0.15) is 0 Å². The maximum absolute atomic E-state index is 12.5. The molecule has 1 saturated heterocycles. The Balaban J connectivity index is 2.61. The second kappa shape index (κ2) is 7.48. The summed E-state index contributed by atoms with van der Waals surface area (Å²) in [6.45, 7) is 7.61. The molecule has 0 aromatic rings. The summed E-state index contributed by atoms with van der Waals surface area (Å²) >= 11 is 0. The summed E-state index contributed by atoms with van der Waals surface area (Å²) in [5.41, 5.74) is 0. The highest BCUT2D eigenvalue weighted by atomic mass is 16.5. The molecule has 110 valence electrons. The Labute approximate surface area is 114 Å². The van der Waals surface area contributed by atoms with Crippen molar-refractivity contribution in [2.75, 3.05) is 19.7 Å². The van der Waals surface area contributed by atoms with Crippen LogP contribution in [0.2, 0.25) is 0 Å². The molecule has 0 aromatic heterocycles. The molecule has 0 bridgehead atoms. The van der Waals surface area contributed by atoms with Crippen LogP contribution in [0.15, 0.2) is 0 Å². The van der Waals surface area contributed by atoms with Crippen molar-refractivity contribution in [3.63, 3.8) is 0 Å². The zero-order chi connectivity index (χ0) is 14.4. The number of rotatable bonds is 6. The lowest BCUT2D eigenvalue weighted by Crippen LogP contribution is -2.49. The van der Waals surface area contributed by atoms with E-state index in [1.165, 1.54) is 0 Å². The topological polar surface area (TPSA) is 66.8 Å². The highest BCUT2D eigenvalue weighted by molar-refractivity contribution is 5.79. The van der Waals surface area contributed by atoms with E-state index in [-0.39, 0.29) is 24.3 Å². The molecule has 19 heavy (non-hydrogen) atoms. The standard InChI is InChI=1S/C14H25NO4/c1-4-5-12(10(2)3)14(18)15-6-7-19-11(9-15)8-13(16)17/h10-12H,4-9H2,1-3H3,(H,16,17). The van der Waals surface area contributed by atoms with Gasteiger partial charge in [-0.15, -0.1) is 0 Å². The fourth-order valence-electron chi connectivity index (χ4n) is 2.53. The molecule has 5 heteroatoms. The number of amides is 1. The third kappa shape index (κ3) is 4.82. The molecule has 0 radical (unpaired) electrons. The molecule has 1 amide bonds. The molecule has 2 unspecified atom stereocenters. The lowest BCUT2D eigenvalue weighted by molar-refractivity contribution is -0.150. The molecule has 0 spiro atoms. The predicted molar refractivity (Wildman–Crippen MR) is 71.8 cm³/mol. The summed E-state index contributed by atoms with van der Waals surface area (Å²) in [7, 11) is 0. The summed E-state index contributed by atoms with van der Waals surface area (Å²) < 4.78 is 5.39. The molecule has 1 aliphatic rings. The first-order valence-corrected chi connectivity index (χ1v) is 7.07. The summed E-state index contributed by atoms with van der Waals surface area (Å²) in [5, 5.41) is 8.79. The fourth-order valence-corrected chi connectivity index (χ4v) is 2.53. The zero-order valence-electron chi connectivity index (χ0n) is 12.1. The van der Waals surface area contributed by atoms with E-state index in [2.05, 4.69) is 20.8 Å². The van der Waals surface area contributed by atoms with Crippen molar-refractivity contribution < 1.29 is 19.4 Å². The van der Waals surface area contributed by atoms with Gasteiger partial charge in [0.05, 0.1) is 19.1 Å². The minimum Gasteiger partial charge on any atom is -0.481 e. The minimum absolute atomic E-state index is 0.0357. The first kappa shape index (κ1) is 16.0. The normalized spacial score (nSPS) is 21.5. The molecule has 1 heterocycles. The highest BCUT2D eigenvalue weighted by Gasteiger charge is 2.31. The maximum Gasteiger partial charge on any atom is 0.306 e. The molecule has 5 nitrogen and oxygen atoms in total. The summed E-state index contributed by atoms with van der Waals surface area (Å²) in [4.78, 5) is 25.0. The average molecular weight is 271 g/mol. The van der Waals surface area contributed by atoms with Gasteiger partial charge < -0.3 is 14.7 Å². The smallest absolute Gasteiger partial charge is 0.306 e. The number of nitrogens with zero attached hydrogens (tertiary/aromatic N) is 1. The van der Waals surface area contributed by atoms with Crippen LogP contribution in [0.3, 0.4) is 0 Å². The van der Waals surface area contributed by atoms with Crippen LogP contribution < -0.4 is 0 Å². The van der Waals surface area contributed by atoms with E-state index in [1.54, 1.807) is 4.90 Å². The van der Waals surface area contributed by atoms with E-state index in [4.69, 9.17) is 9.84 Å². The lowest BCUT2D eigenvalue weighted by atomic mass is 9.90. The maximum atomic E-state index is 12.5. The third-order valence-corrected chi connectivity index (χ3v) is 3.57. The highest BCUT2D eigenvalue weighted by Crippen LogP contribution is 2.21. The van der Waals surface area contributed by atoms with Crippen LogP contribution in [0.1, 0.15) is 40.0 Å². The molecule has 1 rings (SSSR count). The van der Waals surface area contributed by atoms with Gasteiger partial charge in [0, 0.05) is 19.0 Å². The molecule has 2 atom stereocenters. The summed E-state index contributed by atoms with van der Waals surface area (Å²) in [5.74, 6) is -0.384. The molecule has 0 aromatic carbocycles. The van der Waals surface area contributed by atoms with Gasteiger partial charge >= 0.3 is 5.97 Å². The average Bonchev–Trinajstić information content (AvgIpc) is 2.34. The van der Waals surface area contributed by atoms with Crippen molar-refractivity contribution in [2.45, 2.75) is 46.1 Å². The van der Waals surface area contributed by atoms with Gasteiger partial charge in [0.15, 0.2) is 0 Å². The number of ether oxygens (including phenoxy) is 1. The molecular formula is C14H25NO4. The van der Waals surface area contributed by atoms with Gasteiger partial charge in [0.2, 0.25) is 5.91 Å². The number of carbonyl (C=O) groups is 2. The zero-order valence-corrected chi connectivity index (χ0v) is 12.1. The minimum atomic E-state index is -0.881. The van der Waals surface area contributed by atoms with E-state index < -0.39 is 5.97 Å². The van der Waals surface area contributed by atoms with Gasteiger partial charge in [-0.3, -0.25) is 9.59 Å². The third-order valence-electron chi connectivity index (χ3n) is 3.57. The Morgan fingerprint density at radius 2 is 2.11 bits per heavy atom. The van der Waals surface area contributed by atoms with Gasteiger partial charge in [-0.1, -0.05) is 27.2 Å². The first-order valence-electron chi connectivity index (χ1n) is 7.07. The van der Waals surface area contributed by atoms with Gasteiger partial charge in [-0.25, -0.2) is 0 Å². The van der Waals surface area contributed by atoms with Crippen molar-refractivity contribution in [3.05, 3.63) is 0 Å². The number of carboxylic acids is 1. The van der Waals surface area contributed by atoms with Crippen molar-refractivity contribution in [2.24, 2.45) is 11.8 Å². The van der Waals surface area contributed by atoms with Crippen LogP contribution >= 0.6 is 0 Å². The first-order chi connectivity index (χ1) is 8.95. The van der Waals surface area contributed by atoms with E-state index in [0.29, 0.717) is 25.6 Å². The molecule has 0 saturated carbocycles. The Morgan fingerprint density at radius 1 is 1.42 bits per heavy atom. The second-order valence-electron chi connectivity index (χ2n) is 5.51. The Bertz CT molecular complexity index is 317. The predicted octanol–water partition coefficient (Wildman–Crippen LogP) is 1.76. The lowest BCUT2D eigenvalue weighted by Gasteiger charge is -2.35.